The quantitative estimate of drug-likeness (QED) is 0.904. The highest BCUT2D eigenvalue weighted by Gasteiger charge is 2.27. The van der Waals surface area contributed by atoms with E-state index in [0.717, 1.165) is 26.2 Å². The number of likely N-dealkylation sites (N-methyl/N-ethyl adjacent to an activating group) is 1. The van der Waals surface area contributed by atoms with Gasteiger partial charge in [0.2, 0.25) is 0 Å². The van der Waals surface area contributed by atoms with Gasteiger partial charge in [0.15, 0.2) is 0 Å². The van der Waals surface area contributed by atoms with E-state index in [0.29, 0.717) is 12.2 Å². The molecule has 1 aliphatic rings. The maximum atomic E-state index is 13.7. The second-order valence-corrected chi connectivity index (χ2v) is 5.41. The van der Waals surface area contributed by atoms with E-state index in [1.54, 1.807) is 13.1 Å². The molecule has 1 aromatic carbocycles. The maximum Gasteiger partial charge on any atom is 0.146 e. The van der Waals surface area contributed by atoms with Crippen LogP contribution in [0, 0.1) is 17.1 Å². The van der Waals surface area contributed by atoms with Crippen LogP contribution < -0.4 is 10.2 Å². The van der Waals surface area contributed by atoms with Gasteiger partial charge in [-0.3, -0.25) is 4.90 Å². The molecule has 0 saturated carbocycles. The topological polar surface area (TPSA) is 42.3 Å². The van der Waals surface area contributed by atoms with Crippen LogP contribution in [0.4, 0.5) is 10.1 Å². The van der Waals surface area contributed by atoms with Crippen LogP contribution in [0.1, 0.15) is 6.92 Å². The van der Waals surface area contributed by atoms with Crippen LogP contribution in [-0.2, 0) is 0 Å². The summed E-state index contributed by atoms with van der Waals surface area (Å²) in [6.45, 7) is 5.83. The minimum Gasteiger partial charge on any atom is -0.367 e. The minimum atomic E-state index is -0.528. The third-order valence-corrected chi connectivity index (χ3v) is 3.90. The molecule has 1 fully saturated rings. The van der Waals surface area contributed by atoms with E-state index in [2.05, 4.69) is 21.2 Å². The fourth-order valence-electron chi connectivity index (χ4n) is 2.47. The SMILES string of the molecule is CNC(C)(C#N)CN1CCN(c2ccccc2F)CC1. The molecule has 0 amide bonds. The molecular weight excluding hydrogens is 255 g/mol. The summed E-state index contributed by atoms with van der Waals surface area (Å²) >= 11 is 0. The molecule has 0 radical (unpaired) electrons. The van der Waals surface area contributed by atoms with Crippen molar-refractivity contribution in [2.45, 2.75) is 12.5 Å². The van der Waals surface area contributed by atoms with Gasteiger partial charge < -0.3 is 10.2 Å². The Morgan fingerprint density at radius 2 is 1.95 bits per heavy atom. The number of rotatable bonds is 4. The number of nitriles is 1. The Labute approximate surface area is 119 Å². The van der Waals surface area contributed by atoms with E-state index in [1.807, 2.05) is 19.1 Å². The highest BCUT2D eigenvalue weighted by Crippen LogP contribution is 2.20. The molecule has 0 bridgehead atoms. The van der Waals surface area contributed by atoms with Crippen molar-refractivity contribution < 1.29 is 4.39 Å². The Balaban J connectivity index is 1.93. The molecule has 1 heterocycles. The first-order valence-electron chi connectivity index (χ1n) is 6.90. The van der Waals surface area contributed by atoms with Crippen molar-refractivity contribution in [1.82, 2.24) is 10.2 Å². The highest BCUT2D eigenvalue weighted by molar-refractivity contribution is 5.48. The molecule has 5 heteroatoms. The van der Waals surface area contributed by atoms with E-state index >= 15 is 0 Å². The van der Waals surface area contributed by atoms with Crippen molar-refractivity contribution in [3.63, 3.8) is 0 Å². The zero-order chi connectivity index (χ0) is 14.6. The molecule has 108 valence electrons. The van der Waals surface area contributed by atoms with Gasteiger partial charge in [0, 0.05) is 32.7 Å². The third kappa shape index (κ3) is 3.27. The van der Waals surface area contributed by atoms with E-state index in [-0.39, 0.29) is 5.82 Å². The second kappa shape index (κ2) is 6.21. The van der Waals surface area contributed by atoms with Crippen LogP contribution in [0.2, 0.25) is 0 Å². The predicted molar refractivity (Wildman–Crippen MR) is 78.1 cm³/mol. The van der Waals surface area contributed by atoms with Gasteiger partial charge in [-0.25, -0.2) is 4.39 Å². The van der Waals surface area contributed by atoms with E-state index in [9.17, 15) is 9.65 Å². The van der Waals surface area contributed by atoms with Crippen LogP contribution in [-0.4, -0.2) is 50.2 Å². The molecule has 1 atom stereocenters. The van der Waals surface area contributed by atoms with E-state index in [4.69, 9.17) is 0 Å². The van der Waals surface area contributed by atoms with Gasteiger partial charge in [-0.2, -0.15) is 5.26 Å². The van der Waals surface area contributed by atoms with Crippen LogP contribution in [0.25, 0.3) is 0 Å². The summed E-state index contributed by atoms with van der Waals surface area (Å²) in [4.78, 5) is 4.31. The maximum absolute atomic E-state index is 13.7. The van der Waals surface area contributed by atoms with Gasteiger partial charge in [-0.15, -0.1) is 0 Å². The van der Waals surface area contributed by atoms with Crippen LogP contribution >= 0.6 is 0 Å². The van der Waals surface area contributed by atoms with Crippen molar-refractivity contribution in [3.8, 4) is 6.07 Å². The lowest BCUT2D eigenvalue weighted by Crippen LogP contribution is -2.54. The number of nitrogens with one attached hydrogen (secondary N) is 1. The first-order valence-corrected chi connectivity index (χ1v) is 6.90. The largest absolute Gasteiger partial charge is 0.367 e. The van der Waals surface area contributed by atoms with Gasteiger partial charge in [0.1, 0.15) is 11.4 Å². The van der Waals surface area contributed by atoms with Crippen LogP contribution in [0.5, 0.6) is 0 Å². The molecule has 0 aliphatic carbocycles. The van der Waals surface area contributed by atoms with Crippen molar-refractivity contribution in [1.29, 1.82) is 5.26 Å². The molecule has 0 spiro atoms. The molecule has 1 N–H and O–H groups in total. The van der Waals surface area contributed by atoms with Crippen molar-refractivity contribution in [2.24, 2.45) is 0 Å². The summed E-state index contributed by atoms with van der Waals surface area (Å²) in [6, 6.07) is 9.18. The number of piperazine rings is 1. The normalized spacial score (nSPS) is 19.4. The number of halogens is 1. The number of hydrogen-bond acceptors (Lipinski definition) is 4. The fraction of sp³-hybridized carbons (Fsp3) is 0.533. The Bertz CT molecular complexity index is 491. The third-order valence-electron chi connectivity index (χ3n) is 3.90. The zero-order valence-electron chi connectivity index (χ0n) is 12.1. The molecule has 2 rings (SSSR count). The van der Waals surface area contributed by atoms with Crippen molar-refractivity contribution >= 4 is 5.69 Å². The van der Waals surface area contributed by atoms with Gasteiger partial charge in [0.25, 0.3) is 0 Å². The smallest absolute Gasteiger partial charge is 0.146 e. The molecule has 1 aromatic rings. The standard InChI is InChI=1S/C15H21FN4/c1-15(11-17,18-2)12-19-7-9-20(10-8-19)14-6-4-3-5-13(14)16/h3-6,18H,7-10,12H2,1-2H3. The first kappa shape index (κ1) is 14.8. The lowest BCUT2D eigenvalue weighted by atomic mass is 10.0. The summed E-state index contributed by atoms with van der Waals surface area (Å²) in [5.74, 6) is -0.168. The number of para-hydroxylation sites is 1. The lowest BCUT2D eigenvalue weighted by Gasteiger charge is -2.38. The van der Waals surface area contributed by atoms with Gasteiger partial charge in [-0.05, 0) is 26.1 Å². The first-order chi connectivity index (χ1) is 9.58. The monoisotopic (exact) mass is 276 g/mol. The number of nitrogens with zero attached hydrogens (tertiary/aromatic N) is 3. The molecule has 1 saturated heterocycles. The van der Waals surface area contributed by atoms with E-state index in [1.165, 1.54) is 6.07 Å². The van der Waals surface area contributed by atoms with Gasteiger partial charge in [0.05, 0.1) is 11.8 Å². The zero-order valence-corrected chi connectivity index (χ0v) is 12.1. The summed E-state index contributed by atoms with van der Waals surface area (Å²) in [5, 5.41) is 12.2. The molecule has 4 nitrogen and oxygen atoms in total. The number of anilines is 1. The number of benzene rings is 1. The molecule has 20 heavy (non-hydrogen) atoms. The summed E-state index contributed by atoms with van der Waals surface area (Å²) < 4.78 is 13.7. The van der Waals surface area contributed by atoms with Gasteiger partial charge >= 0.3 is 0 Å². The Hall–Kier alpha value is -1.64. The van der Waals surface area contributed by atoms with E-state index < -0.39 is 5.54 Å². The van der Waals surface area contributed by atoms with Crippen molar-refractivity contribution in [3.05, 3.63) is 30.1 Å². The van der Waals surface area contributed by atoms with Crippen LogP contribution in [0.3, 0.4) is 0 Å². The minimum absolute atomic E-state index is 0.168. The van der Waals surface area contributed by atoms with Gasteiger partial charge in [-0.1, -0.05) is 12.1 Å². The highest BCUT2D eigenvalue weighted by atomic mass is 19.1. The summed E-state index contributed by atoms with van der Waals surface area (Å²) in [7, 11) is 1.80. The Morgan fingerprint density at radius 1 is 1.30 bits per heavy atom. The summed E-state index contributed by atoms with van der Waals surface area (Å²) in [6.07, 6.45) is 0. The Morgan fingerprint density at radius 3 is 2.50 bits per heavy atom. The number of hydrogen-bond donors (Lipinski definition) is 1. The predicted octanol–water partition coefficient (Wildman–Crippen LogP) is 1.45. The second-order valence-electron chi connectivity index (χ2n) is 5.41. The molecule has 1 aliphatic heterocycles. The fourth-order valence-corrected chi connectivity index (χ4v) is 2.47. The molecule has 0 aromatic heterocycles. The molecule has 1 unspecified atom stereocenters. The average Bonchev–Trinajstić information content (AvgIpc) is 2.49. The lowest BCUT2D eigenvalue weighted by molar-refractivity contribution is 0.213. The summed E-state index contributed by atoms with van der Waals surface area (Å²) in [5.41, 5.74) is 0.143. The van der Waals surface area contributed by atoms with Crippen LogP contribution in [0.15, 0.2) is 24.3 Å². The van der Waals surface area contributed by atoms with Crippen molar-refractivity contribution in [2.75, 3.05) is 44.7 Å². The average molecular weight is 276 g/mol. The molecular formula is C15H21FN4. The Kier molecular flexibility index (Phi) is 4.58.